The van der Waals surface area contributed by atoms with Crippen LogP contribution in [0, 0.1) is 5.92 Å². The van der Waals surface area contributed by atoms with E-state index in [1.165, 1.54) is 16.3 Å². The van der Waals surface area contributed by atoms with Gasteiger partial charge in [0.2, 0.25) is 17.7 Å². The average molecular weight is 474 g/mol. The Kier molecular flexibility index (Phi) is 5.58. The van der Waals surface area contributed by atoms with Gasteiger partial charge in [-0.25, -0.2) is 0 Å². The van der Waals surface area contributed by atoms with E-state index in [0.717, 1.165) is 41.0 Å². The smallest absolute Gasteiger partial charge is 0.308 e. The molecule has 2 saturated heterocycles. The molecule has 0 spiro atoms. The number of fused-ring (bicyclic) bond motifs is 2. The van der Waals surface area contributed by atoms with E-state index in [0.29, 0.717) is 23.9 Å². The Morgan fingerprint density at radius 3 is 2.50 bits per heavy atom. The highest BCUT2D eigenvalue weighted by Crippen LogP contribution is 2.51. The molecule has 168 valence electrons. The molecule has 3 aliphatic heterocycles. The van der Waals surface area contributed by atoms with Crippen molar-refractivity contribution >= 4 is 40.8 Å². The first kappa shape index (κ1) is 21.3. The van der Waals surface area contributed by atoms with Crippen LogP contribution in [0.1, 0.15) is 35.6 Å². The molecule has 5 rings (SSSR count). The lowest BCUT2D eigenvalue weighted by Gasteiger charge is -2.31. The molecule has 3 amide bonds. The number of piperidine rings is 1. The molecule has 1 aromatic heterocycles. The van der Waals surface area contributed by atoms with Gasteiger partial charge in [0.25, 0.3) is 0 Å². The van der Waals surface area contributed by atoms with Crippen LogP contribution >= 0.6 is 23.1 Å². The van der Waals surface area contributed by atoms with E-state index in [1.54, 1.807) is 19.2 Å². The van der Waals surface area contributed by atoms with Gasteiger partial charge in [0, 0.05) is 23.9 Å². The molecule has 3 atom stereocenters. The van der Waals surface area contributed by atoms with E-state index in [9.17, 15) is 19.2 Å². The molecule has 2 fully saturated rings. The molecule has 4 heterocycles. The fourth-order valence-electron chi connectivity index (χ4n) is 4.72. The van der Waals surface area contributed by atoms with Gasteiger partial charge in [-0.2, -0.15) is 0 Å². The molecular weight excluding hydrogens is 450 g/mol. The number of imide groups is 1. The highest BCUT2D eigenvalue weighted by molar-refractivity contribution is 8.00. The molecule has 0 bridgehead atoms. The number of benzene rings is 1. The number of amides is 3. The molecular formula is C22H23N3O5S2. The second-order valence-electron chi connectivity index (χ2n) is 8.23. The highest BCUT2D eigenvalue weighted by Gasteiger charge is 2.52. The Bertz CT molecular complexity index is 1130. The maximum absolute atomic E-state index is 13.0. The van der Waals surface area contributed by atoms with Crippen LogP contribution in [0.5, 0.6) is 5.75 Å². The second kappa shape index (κ2) is 8.40. The quantitative estimate of drug-likeness (QED) is 0.681. The number of ether oxygens (including phenoxy) is 1. The minimum absolute atomic E-state index is 0.0417. The number of methoxy groups -OCH3 is 1. The van der Waals surface area contributed by atoms with Crippen molar-refractivity contribution in [2.24, 2.45) is 5.92 Å². The minimum atomic E-state index is -0.632. The number of hydrogen-bond acceptors (Lipinski definition) is 7. The van der Waals surface area contributed by atoms with Crippen molar-refractivity contribution in [2.75, 3.05) is 20.2 Å². The molecule has 10 heteroatoms. The summed E-state index contributed by atoms with van der Waals surface area (Å²) in [7, 11) is 1.58. The summed E-state index contributed by atoms with van der Waals surface area (Å²) in [6.07, 6.45) is 3.06. The van der Waals surface area contributed by atoms with Crippen molar-refractivity contribution in [1.29, 1.82) is 0 Å². The van der Waals surface area contributed by atoms with Gasteiger partial charge in [-0.1, -0.05) is 35.2 Å². The Labute approximate surface area is 192 Å². The Hall–Kier alpha value is -2.59. The van der Waals surface area contributed by atoms with Crippen molar-refractivity contribution in [2.45, 2.75) is 42.0 Å². The van der Waals surface area contributed by atoms with E-state index < -0.39 is 17.1 Å². The highest BCUT2D eigenvalue weighted by atomic mass is 32.2. The maximum Gasteiger partial charge on any atom is 0.308 e. The maximum atomic E-state index is 13.0. The van der Waals surface area contributed by atoms with Gasteiger partial charge in [-0.15, -0.1) is 0 Å². The summed E-state index contributed by atoms with van der Waals surface area (Å²) in [5.41, 5.74) is 0.836. The van der Waals surface area contributed by atoms with Crippen LogP contribution in [-0.2, 0) is 20.9 Å². The largest absolute Gasteiger partial charge is 0.497 e. The molecule has 1 N–H and O–H groups in total. The number of likely N-dealkylation sites (tertiary alicyclic amines) is 1. The lowest BCUT2D eigenvalue weighted by Crippen LogP contribution is -2.39. The van der Waals surface area contributed by atoms with Crippen LogP contribution in [0.3, 0.4) is 0 Å². The minimum Gasteiger partial charge on any atom is -0.497 e. The third-order valence-corrected chi connectivity index (χ3v) is 8.98. The standard InChI is InChI=1S/C22H23N3O5S2/c1-30-13-7-5-12(6-8-13)15-16-17(20(28)23-19(16)27)31-21-18(15)32-22(29)25(21)11-14(26)24-9-3-2-4-10-24/h5-8,15-17H,2-4,9-11H2,1H3,(H,23,27,28)/t15-,16+,17-/m0/s1. The number of carbonyl (C=O) groups excluding carboxylic acids is 3. The van der Waals surface area contributed by atoms with E-state index in [-0.39, 0.29) is 29.1 Å². The number of carbonyl (C=O) groups is 3. The molecule has 8 nitrogen and oxygen atoms in total. The molecule has 32 heavy (non-hydrogen) atoms. The predicted molar refractivity (Wildman–Crippen MR) is 120 cm³/mol. The molecule has 0 aliphatic carbocycles. The van der Waals surface area contributed by atoms with Gasteiger partial charge < -0.3 is 9.64 Å². The molecule has 1 aromatic carbocycles. The monoisotopic (exact) mass is 473 g/mol. The van der Waals surface area contributed by atoms with Gasteiger partial charge in [0.1, 0.15) is 17.5 Å². The van der Waals surface area contributed by atoms with Gasteiger partial charge in [-0.3, -0.25) is 29.1 Å². The normalized spacial score (nSPS) is 24.7. The van der Waals surface area contributed by atoms with Crippen LogP contribution in [0.25, 0.3) is 0 Å². The first-order chi connectivity index (χ1) is 15.5. The fourth-order valence-corrected chi connectivity index (χ4v) is 7.46. The number of nitrogens with zero attached hydrogens (tertiary/aromatic N) is 2. The number of hydrogen-bond donors (Lipinski definition) is 1. The van der Waals surface area contributed by atoms with Gasteiger partial charge in [0.05, 0.1) is 18.1 Å². The average Bonchev–Trinajstić information content (AvgIpc) is 3.28. The lowest BCUT2D eigenvalue weighted by molar-refractivity contribution is -0.133. The number of rotatable bonds is 4. The van der Waals surface area contributed by atoms with Crippen LogP contribution < -0.4 is 14.9 Å². The van der Waals surface area contributed by atoms with Crippen LogP contribution in [-0.4, -0.2) is 52.6 Å². The van der Waals surface area contributed by atoms with E-state index in [2.05, 4.69) is 5.32 Å². The van der Waals surface area contributed by atoms with E-state index >= 15 is 0 Å². The van der Waals surface area contributed by atoms with Crippen molar-refractivity contribution < 1.29 is 19.1 Å². The third-order valence-electron chi connectivity index (χ3n) is 6.36. The topological polar surface area (TPSA) is 97.7 Å². The molecule has 0 radical (unpaired) electrons. The molecule has 0 unspecified atom stereocenters. The van der Waals surface area contributed by atoms with Crippen molar-refractivity contribution in [3.63, 3.8) is 0 Å². The zero-order valence-electron chi connectivity index (χ0n) is 17.5. The number of aromatic nitrogens is 1. The Morgan fingerprint density at radius 2 is 1.81 bits per heavy atom. The summed E-state index contributed by atoms with van der Waals surface area (Å²) in [5.74, 6) is -1.10. The first-order valence-electron chi connectivity index (χ1n) is 10.6. The molecule has 0 saturated carbocycles. The van der Waals surface area contributed by atoms with E-state index in [4.69, 9.17) is 4.74 Å². The second-order valence-corrected chi connectivity index (χ2v) is 10.4. The molecule has 2 aromatic rings. The Morgan fingerprint density at radius 1 is 1.09 bits per heavy atom. The predicted octanol–water partition coefficient (Wildman–Crippen LogP) is 1.81. The van der Waals surface area contributed by atoms with Crippen molar-refractivity contribution in [1.82, 2.24) is 14.8 Å². The van der Waals surface area contributed by atoms with Crippen LogP contribution in [0.15, 0.2) is 34.1 Å². The zero-order valence-corrected chi connectivity index (χ0v) is 19.2. The third kappa shape index (κ3) is 3.55. The van der Waals surface area contributed by atoms with Crippen molar-refractivity contribution in [3.05, 3.63) is 44.4 Å². The number of thioether (sulfide) groups is 1. The number of thiazole rings is 1. The SMILES string of the molecule is COc1ccc([C@@H]2c3sc(=O)n(CC(=O)N4CCCCC4)c3S[C@@H]3C(=O)NC(=O)[C@H]23)cc1. The summed E-state index contributed by atoms with van der Waals surface area (Å²) in [6, 6.07) is 7.34. The van der Waals surface area contributed by atoms with E-state index in [1.807, 2.05) is 17.0 Å². The summed E-state index contributed by atoms with van der Waals surface area (Å²) in [6.45, 7) is 1.38. The Balaban J connectivity index is 1.56. The number of nitrogens with one attached hydrogen (secondary N) is 1. The van der Waals surface area contributed by atoms with Gasteiger partial charge in [-0.05, 0) is 37.0 Å². The van der Waals surface area contributed by atoms with Gasteiger partial charge in [0.15, 0.2) is 0 Å². The van der Waals surface area contributed by atoms with Gasteiger partial charge >= 0.3 is 4.87 Å². The fraction of sp³-hybridized carbons (Fsp3) is 0.455. The van der Waals surface area contributed by atoms with Crippen LogP contribution in [0.2, 0.25) is 0 Å². The summed E-state index contributed by atoms with van der Waals surface area (Å²) in [4.78, 5) is 53.4. The summed E-state index contributed by atoms with van der Waals surface area (Å²) in [5, 5.41) is 2.44. The summed E-state index contributed by atoms with van der Waals surface area (Å²) < 4.78 is 6.73. The van der Waals surface area contributed by atoms with Crippen molar-refractivity contribution in [3.8, 4) is 5.75 Å². The zero-order chi connectivity index (χ0) is 22.4. The summed E-state index contributed by atoms with van der Waals surface area (Å²) >= 11 is 2.29. The molecule has 3 aliphatic rings. The lowest BCUT2D eigenvalue weighted by atomic mass is 9.83. The van der Waals surface area contributed by atoms with Crippen LogP contribution in [0.4, 0.5) is 0 Å². The first-order valence-corrected chi connectivity index (χ1v) is 12.3.